The molecule has 3 rings (SSSR count). The minimum absolute atomic E-state index is 0.232. The first-order chi connectivity index (χ1) is 14.1. The SMILES string of the molecule is CC(NC(=O)c1ccoc1)C(=O)NCCc1ccc(OCc2ccccc2)cc1. The molecule has 1 unspecified atom stereocenters. The van der Waals surface area contributed by atoms with Gasteiger partial charge in [-0.15, -0.1) is 0 Å². The van der Waals surface area contributed by atoms with E-state index < -0.39 is 6.04 Å². The second kappa shape index (κ2) is 10.1. The van der Waals surface area contributed by atoms with Crippen molar-refractivity contribution in [1.29, 1.82) is 0 Å². The van der Waals surface area contributed by atoms with Gasteiger partial charge < -0.3 is 19.8 Å². The molecule has 0 saturated heterocycles. The van der Waals surface area contributed by atoms with Crippen molar-refractivity contribution in [3.05, 3.63) is 89.9 Å². The number of rotatable bonds is 9. The summed E-state index contributed by atoms with van der Waals surface area (Å²) in [7, 11) is 0. The summed E-state index contributed by atoms with van der Waals surface area (Å²) in [6, 6.07) is 18.7. The van der Waals surface area contributed by atoms with Crippen molar-refractivity contribution < 1.29 is 18.7 Å². The van der Waals surface area contributed by atoms with Crippen LogP contribution >= 0.6 is 0 Å². The molecule has 0 fully saturated rings. The van der Waals surface area contributed by atoms with Crippen LogP contribution in [-0.4, -0.2) is 24.4 Å². The van der Waals surface area contributed by atoms with Crippen molar-refractivity contribution >= 4 is 11.8 Å². The molecule has 1 atom stereocenters. The van der Waals surface area contributed by atoms with Crippen LogP contribution in [0.15, 0.2) is 77.6 Å². The van der Waals surface area contributed by atoms with Crippen LogP contribution in [0.5, 0.6) is 5.75 Å². The van der Waals surface area contributed by atoms with Gasteiger partial charge in [-0.2, -0.15) is 0 Å². The lowest BCUT2D eigenvalue weighted by Gasteiger charge is -2.13. The summed E-state index contributed by atoms with van der Waals surface area (Å²) in [6.07, 6.45) is 3.44. The Labute approximate surface area is 169 Å². The second-order valence-electron chi connectivity index (χ2n) is 6.67. The van der Waals surface area contributed by atoms with Gasteiger partial charge in [-0.05, 0) is 42.7 Å². The average molecular weight is 392 g/mol. The maximum Gasteiger partial charge on any atom is 0.255 e. The molecular formula is C23H24N2O4. The zero-order valence-corrected chi connectivity index (χ0v) is 16.3. The van der Waals surface area contributed by atoms with E-state index in [2.05, 4.69) is 10.6 Å². The number of carbonyl (C=O) groups excluding carboxylic acids is 2. The summed E-state index contributed by atoms with van der Waals surface area (Å²) in [5.41, 5.74) is 2.60. The molecule has 6 nitrogen and oxygen atoms in total. The van der Waals surface area contributed by atoms with Gasteiger partial charge in [0, 0.05) is 6.54 Å². The van der Waals surface area contributed by atoms with Crippen LogP contribution in [0.1, 0.15) is 28.4 Å². The Morgan fingerprint density at radius 1 is 1.00 bits per heavy atom. The average Bonchev–Trinajstić information content (AvgIpc) is 3.29. The number of hydrogen-bond acceptors (Lipinski definition) is 4. The van der Waals surface area contributed by atoms with Crippen LogP contribution in [-0.2, 0) is 17.8 Å². The van der Waals surface area contributed by atoms with E-state index in [0.717, 1.165) is 16.9 Å². The van der Waals surface area contributed by atoms with Crippen molar-refractivity contribution in [3.8, 4) is 5.75 Å². The Balaban J connectivity index is 1.38. The Kier molecular flexibility index (Phi) is 7.05. The van der Waals surface area contributed by atoms with Crippen LogP contribution in [0, 0.1) is 0 Å². The fraction of sp³-hybridized carbons (Fsp3) is 0.217. The lowest BCUT2D eigenvalue weighted by Crippen LogP contribution is -2.45. The summed E-state index contributed by atoms with van der Waals surface area (Å²) < 4.78 is 10.6. The van der Waals surface area contributed by atoms with Gasteiger partial charge in [0.15, 0.2) is 0 Å². The zero-order valence-electron chi connectivity index (χ0n) is 16.3. The van der Waals surface area contributed by atoms with Crippen molar-refractivity contribution in [1.82, 2.24) is 10.6 Å². The van der Waals surface area contributed by atoms with Gasteiger partial charge in [0.05, 0.1) is 11.8 Å². The molecule has 0 radical (unpaired) electrons. The number of hydrogen-bond donors (Lipinski definition) is 2. The van der Waals surface area contributed by atoms with E-state index in [1.54, 1.807) is 13.0 Å². The van der Waals surface area contributed by atoms with E-state index in [0.29, 0.717) is 25.1 Å². The first kappa shape index (κ1) is 20.2. The molecule has 0 aliphatic rings. The molecule has 6 heteroatoms. The fourth-order valence-electron chi connectivity index (χ4n) is 2.72. The third-order valence-corrected chi connectivity index (χ3v) is 4.41. The van der Waals surface area contributed by atoms with Crippen molar-refractivity contribution in [2.45, 2.75) is 26.0 Å². The molecule has 0 aliphatic carbocycles. The van der Waals surface area contributed by atoms with Crippen LogP contribution in [0.25, 0.3) is 0 Å². The molecule has 0 aliphatic heterocycles. The first-order valence-corrected chi connectivity index (χ1v) is 9.48. The van der Waals surface area contributed by atoms with E-state index in [9.17, 15) is 9.59 Å². The highest BCUT2D eigenvalue weighted by atomic mass is 16.5. The third-order valence-electron chi connectivity index (χ3n) is 4.41. The Morgan fingerprint density at radius 2 is 1.76 bits per heavy atom. The smallest absolute Gasteiger partial charge is 0.255 e. The molecule has 0 spiro atoms. The summed E-state index contributed by atoms with van der Waals surface area (Å²) in [4.78, 5) is 24.1. The molecule has 1 heterocycles. The Bertz CT molecular complexity index is 906. The molecule has 2 N–H and O–H groups in total. The predicted molar refractivity (Wildman–Crippen MR) is 110 cm³/mol. The summed E-state index contributed by atoms with van der Waals surface area (Å²) in [6.45, 7) is 2.65. The number of carbonyl (C=O) groups is 2. The summed E-state index contributed by atoms with van der Waals surface area (Å²) in [5.74, 6) is 0.231. The minimum atomic E-state index is -0.633. The fourth-order valence-corrected chi connectivity index (χ4v) is 2.72. The second-order valence-corrected chi connectivity index (χ2v) is 6.67. The van der Waals surface area contributed by atoms with Gasteiger partial charge >= 0.3 is 0 Å². The van der Waals surface area contributed by atoms with E-state index in [4.69, 9.17) is 9.15 Å². The summed E-state index contributed by atoms with van der Waals surface area (Å²) >= 11 is 0. The Morgan fingerprint density at radius 3 is 2.45 bits per heavy atom. The van der Waals surface area contributed by atoms with Gasteiger partial charge in [-0.3, -0.25) is 9.59 Å². The molecule has 29 heavy (non-hydrogen) atoms. The Hall–Kier alpha value is -3.54. The number of ether oxygens (including phenoxy) is 1. The predicted octanol–water partition coefficient (Wildman–Crippen LogP) is 3.34. The topological polar surface area (TPSA) is 80.6 Å². The lowest BCUT2D eigenvalue weighted by molar-refractivity contribution is -0.122. The molecule has 2 amide bonds. The van der Waals surface area contributed by atoms with Gasteiger partial charge in [0.1, 0.15) is 24.7 Å². The maximum atomic E-state index is 12.1. The number of amides is 2. The molecule has 0 bridgehead atoms. The van der Waals surface area contributed by atoms with Crippen LogP contribution in [0.2, 0.25) is 0 Å². The maximum absolute atomic E-state index is 12.1. The number of nitrogens with one attached hydrogen (secondary N) is 2. The molecule has 2 aromatic carbocycles. The monoisotopic (exact) mass is 392 g/mol. The van der Waals surface area contributed by atoms with Gasteiger partial charge in [0.2, 0.25) is 5.91 Å². The van der Waals surface area contributed by atoms with Crippen molar-refractivity contribution in [2.24, 2.45) is 0 Å². The number of furan rings is 1. The molecule has 0 saturated carbocycles. The van der Waals surface area contributed by atoms with Crippen LogP contribution in [0.3, 0.4) is 0 Å². The molecule has 150 valence electrons. The van der Waals surface area contributed by atoms with E-state index in [1.165, 1.54) is 12.5 Å². The highest BCUT2D eigenvalue weighted by Gasteiger charge is 2.16. The quantitative estimate of drug-likeness (QED) is 0.585. The van der Waals surface area contributed by atoms with Gasteiger partial charge in [-0.1, -0.05) is 42.5 Å². The van der Waals surface area contributed by atoms with Crippen LogP contribution < -0.4 is 15.4 Å². The van der Waals surface area contributed by atoms with Crippen LogP contribution in [0.4, 0.5) is 0 Å². The van der Waals surface area contributed by atoms with E-state index >= 15 is 0 Å². The highest BCUT2D eigenvalue weighted by Crippen LogP contribution is 2.14. The van der Waals surface area contributed by atoms with E-state index in [-0.39, 0.29) is 11.8 Å². The largest absolute Gasteiger partial charge is 0.489 e. The van der Waals surface area contributed by atoms with Crippen molar-refractivity contribution in [2.75, 3.05) is 6.54 Å². The van der Waals surface area contributed by atoms with Crippen molar-refractivity contribution in [3.63, 3.8) is 0 Å². The minimum Gasteiger partial charge on any atom is -0.489 e. The van der Waals surface area contributed by atoms with E-state index in [1.807, 2.05) is 54.6 Å². The molecule has 3 aromatic rings. The first-order valence-electron chi connectivity index (χ1n) is 9.48. The lowest BCUT2D eigenvalue weighted by atomic mass is 10.1. The molecular weight excluding hydrogens is 368 g/mol. The standard InChI is InChI=1S/C23H24N2O4/c1-17(25-23(27)20-12-14-28-16-20)22(26)24-13-11-18-7-9-21(10-8-18)29-15-19-5-3-2-4-6-19/h2-10,12,14,16-17H,11,13,15H2,1H3,(H,24,26)(H,25,27). The highest BCUT2D eigenvalue weighted by molar-refractivity contribution is 5.97. The zero-order chi connectivity index (χ0) is 20.5. The normalized spacial score (nSPS) is 11.5. The molecule has 1 aromatic heterocycles. The van der Waals surface area contributed by atoms with Gasteiger partial charge in [0.25, 0.3) is 5.91 Å². The number of benzene rings is 2. The summed E-state index contributed by atoms with van der Waals surface area (Å²) in [5, 5.41) is 5.47. The van der Waals surface area contributed by atoms with Gasteiger partial charge in [-0.25, -0.2) is 0 Å². The third kappa shape index (κ3) is 6.24.